The van der Waals surface area contributed by atoms with Crippen molar-refractivity contribution >= 4 is 16.8 Å². The monoisotopic (exact) mass is 179 g/mol. The van der Waals surface area contributed by atoms with E-state index in [9.17, 15) is 8.42 Å². The zero-order valence-electron chi connectivity index (χ0n) is 6.23. The third-order valence-corrected chi connectivity index (χ3v) is 2.64. The van der Waals surface area contributed by atoms with Crippen LogP contribution in [0.15, 0.2) is 29.2 Å². The fourth-order valence-electron chi connectivity index (χ4n) is 1.30. The lowest BCUT2D eigenvalue weighted by Gasteiger charge is -1.99. The Bertz CT molecular complexity index is 409. The molecular formula is C9H7O2S. The normalized spacial score (nSPS) is 13.8. The number of rotatable bonds is 1. The summed E-state index contributed by atoms with van der Waals surface area (Å²) in [5.74, 6) is 0. The number of allylic oxidation sites excluding steroid dienone is 1. The van der Waals surface area contributed by atoms with E-state index in [0.717, 1.165) is 11.1 Å². The van der Waals surface area contributed by atoms with Crippen LogP contribution in [0.5, 0.6) is 0 Å². The Morgan fingerprint density at radius 3 is 2.75 bits per heavy atom. The third kappa shape index (κ3) is 1.06. The molecule has 0 saturated heterocycles. The molecule has 1 aliphatic carbocycles. The lowest BCUT2D eigenvalue weighted by molar-refractivity contribution is 0.614. The van der Waals surface area contributed by atoms with E-state index in [1.165, 1.54) is 0 Å². The van der Waals surface area contributed by atoms with Gasteiger partial charge in [0, 0.05) is 6.42 Å². The van der Waals surface area contributed by atoms with Crippen molar-refractivity contribution in [1.82, 2.24) is 0 Å². The molecule has 0 spiro atoms. The molecule has 61 valence electrons. The zero-order chi connectivity index (χ0) is 8.55. The van der Waals surface area contributed by atoms with E-state index in [4.69, 9.17) is 0 Å². The molecule has 0 aliphatic heterocycles. The van der Waals surface area contributed by atoms with Crippen LogP contribution >= 0.6 is 0 Å². The summed E-state index contributed by atoms with van der Waals surface area (Å²) >= 11 is 0. The number of hydrogen-bond donors (Lipinski definition) is 1. The maximum Gasteiger partial charge on any atom is 0.168 e. The molecule has 2 nitrogen and oxygen atoms in total. The van der Waals surface area contributed by atoms with Crippen molar-refractivity contribution in [2.24, 2.45) is 0 Å². The van der Waals surface area contributed by atoms with E-state index in [0.29, 0.717) is 4.90 Å². The standard InChI is InChI=1S/C9H7O2S/c10-12(11)9-6-2-4-7-3-1-5-8(7)9/h1-6,12H. The van der Waals surface area contributed by atoms with Crippen LogP contribution < -0.4 is 0 Å². The number of fused-ring (bicyclic) bond motifs is 1. The van der Waals surface area contributed by atoms with Gasteiger partial charge in [-0.2, -0.15) is 0 Å². The molecule has 12 heavy (non-hydrogen) atoms. The number of benzene rings is 1. The zero-order valence-corrected chi connectivity index (χ0v) is 7.12. The molecule has 0 atom stereocenters. The molecule has 0 unspecified atom stereocenters. The lowest BCUT2D eigenvalue weighted by Crippen LogP contribution is -1.87. The average molecular weight is 179 g/mol. The minimum atomic E-state index is -2.47. The summed E-state index contributed by atoms with van der Waals surface area (Å²) < 4.78 is 21.5. The summed E-state index contributed by atoms with van der Waals surface area (Å²) in [6.45, 7) is 0. The maximum atomic E-state index is 10.7. The smallest absolute Gasteiger partial charge is 0.168 e. The third-order valence-electron chi connectivity index (χ3n) is 1.85. The van der Waals surface area contributed by atoms with Gasteiger partial charge in [0.2, 0.25) is 0 Å². The highest BCUT2D eigenvalue weighted by Gasteiger charge is 2.10. The van der Waals surface area contributed by atoms with Crippen molar-refractivity contribution in [3.63, 3.8) is 0 Å². The molecule has 0 N–H and O–H groups in total. The van der Waals surface area contributed by atoms with Crippen LogP contribution in [0.1, 0.15) is 11.1 Å². The quantitative estimate of drug-likeness (QED) is 0.658. The Morgan fingerprint density at radius 1 is 1.17 bits per heavy atom. The van der Waals surface area contributed by atoms with Crippen molar-refractivity contribution in [1.29, 1.82) is 0 Å². The molecular weight excluding hydrogens is 172 g/mol. The molecule has 0 bridgehead atoms. The first-order chi connectivity index (χ1) is 5.79. The minimum Gasteiger partial charge on any atom is -0.227 e. The summed E-state index contributed by atoms with van der Waals surface area (Å²) in [6, 6.07) is 5.27. The summed E-state index contributed by atoms with van der Waals surface area (Å²) in [5.41, 5.74) is 1.79. The number of thiol groups is 1. The van der Waals surface area contributed by atoms with Crippen molar-refractivity contribution in [3.8, 4) is 0 Å². The molecule has 0 aromatic heterocycles. The van der Waals surface area contributed by atoms with Crippen LogP contribution in [-0.2, 0) is 10.7 Å². The van der Waals surface area contributed by atoms with E-state index < -0.39 is 10.7 Å². The maximum absolute atomic E-state index is 10.7. The fourth-order valence-corrected chi connectivity index (χ4v) is 1.91. The molecule has 0 fully saturated rings. The highest BCUT2D eigenvalue weighted by atomic mass is 32.2. The van der Waals surface area contributed by atoms with E-state index in [2.05, 4.69) is 0 Å². The molecule has 1 aromatic carbocycles. The van der Waals surface area contributed by atoms with Gasteiger partial charge in [0.05, 0.1) is 4.90 Å². The predicted molar refractivity (Wildman–Crippen MR) is 47.5 cm³/mol. The summed E-state index contributed by atoms with van der Waals surface area (Å²) in [7, 11) is -2.47. The fraction of sp³-hybridized carbons (Fsp3) is 0. The molecule has 3 heteroatoms. The minimum absolute atomic E-state index is 0.410. The van der Waals surface area contributed by atoms with Gasteiger partial charge in [-0.05, 0) is 17.2 Å². The van der Waals surface area contributed by atoms with Crippen LogP contribution in [0.4, 0.5) is 0 Å². The first-order valence-electron chi connectivity index (χ1n) is 3.58. The molecule has 0 saturated carbocycles. The van der Waals surface area contributed by atoms with Crippen LogP contribution in [0.25, 0.3) is 6.08 Å². The van der Waals surface area contributed by atoms with E-state index in [-0.39, 0.29) is 0 Å². The topological polar surface area (TPSA) is 34.1 Å². The Kier molecular flexibility index (Phi) is 1.73. The summed E-state index contributed by atoms with van der Waals surface area (Å²) in [6.07, 6.45) is 5.57. The van der Waals surface area contributed by atoms with Gasteiger partial charge in [-0.15, -0.1) is 0 Å². The summed E-state index contributed by atoms with van der Waals surface area (Å²) in [4.78, 5) is 0.410. The van der Waals surface area contributed by atoms with Gasteiger partial charge < -0.3 is 0 Å². The van der Waals surface area contributed by atoms with Crippen LogP contribution in [0.3, 0.4) is 0 Å². The second kappa shape index (κ2) is 2.75. The predicted octanol–water partition coefficient (Wildman–Crippen LogP) is 1.24. The first kappa shape index (κ1) is 7.55. The van der Waals surface area contributed by atoms with Gasteiger partial charge in [-0.1, -0.05) is 24.3 Å². The molecule has 2 rings (SSSR count). The van der Waals surface area contributed by atoms with Gasteiger partial charge >= 0.3 is 0 Å². The highest BCUT2D eigenvalue weighted by molar-refractivity contribution is 7.72. The number of hydrogen-bond acceptors (Lipinski definition) is 2. The first-order valence-corrected chi connectivity index (χ1v) is 4.75. The van der Waals surface area contributed by atoms with E-state index in [1.807, 2.05) is 24.6 Å². The second-order valence-electron chi connectivity index (χ2n) is 2.56. The molecule has 1 aliphatic rings. The molecule has 0 heterocycles. The SMILES string of the molecule is O=[SH](=O)c1cccc2c1C=C[CH]2. The molecule has 1 radical (unpaired) electrons. The Morgan fingerprint density at radius 2 is 2.00 bits per heavy atom. The Balaban J connectivity index is 2.71. The Hall–Kier alpha value is -1.09. The second-order valence-corrected chi connectivity index (χ2v) is 3.56. The van der Waals surface area contributed by atoms with Crippen LogP contribution in [0, 0.1) is 6.42 Å². The van der Waals surface area contributed by atoms with Crippen molar-refractivity contribution in [2.45, 2.75) is 4.90 Å². The van der Waals surface area contributed by atoms with Crippen molar-refractivity contribution in [3.05, 3.63) is 41.8 Å². The largest absolute Gasteiger partial charge is 0.227 e. The van der Waals surface area contributed by atoms with Gasteiger partial charge in [0.15, 0.2) is 10.7 Å². The van der Waals surface area contributed by atoms with Crippen LogP contribution in [-0.4, -0.2) is 8.42 Å². The van der Waals surface area contributed by atoms with Gasteiger partial charge in [-0.25, -0.2) is 8.42 Å². The molecule has 0 amide bonds. The highest BCUT2D eigenvalue weighted by Crippen LogP contribution is 2.24. The lowest BCUT2D eigenvalue weighted by atomic mass is 10.1. The Labute approximate surface area is 72.5 Å². The van der Waals surface area contributed by atoms with Gasteiger partial charge in [-0.3, -0.25) is 0 Å². The van der Waals surface area contributed by atoms with E-state index >= 15 is 0 Å². The molecule has 1 aromatic rings. The van der Waals surface area contributed by atoms with Crippen molar-refractivity contribution in [2.75, 3.05) is 0 Å². The van der Waals surface area contributed by atoms with Crippen molar-refractivity contribution < 1.29 is 8.42 Å². The average Bonchev–Trinajstić information content (AvgIpc) is 2.49. The summed E-state index contributed by atoms with van der Waals surface area (Å²) in [5, 5.41) is 0. The van der Waals surface area contributed by atoms with Gasteiger partial charge in [0.25, 0.3) is 0 Å². The van der Waals surface area contributed by atoms with Crippen LogP contribution in [0.2, 0.25) is 0 Å². The van der Waals surface area contributed by atoms with Gasteiger partial charge in [0.1, 0.15) is 0 Å². The van der Waals surface area contributed by atoms with E-state index in [1.54, 1.807) is 12.1 Å².